The molecule has 22 heavy (non-hydrogen) atoms. The molecule has 0 radical (unpaired) electrons. The van der Waals surface area contributed by atoms with E-state index in [9.17, 15) is 14.0 Å². The molecule has 0 spiro atoms. The molecule has 2 aliphatic rings. The first-order valence-corrected chi connectivity index (χ1v) is 8.24. The molecule has 1 atom stereocenters. The first-order valence-electron chi connectivity index (χ1n) is 8.24. The Balaban J connectivity index is 1.65. The van der Waals surface area contributed by atoms with E-state index in [0.29, 0.717) is 12.1 Å². The van der Waals surface area contributed by atoms with Crippen LogP contribution in [0, 0.1) is 17.7 Å². The van der Waals surface area contributed by atoms with E-state index in [4.69, 9.17) is 0 Å². The Morgan fingerprint density at radius 3 is 2.27 bits per heavy atom. The normalized spacial score (nSPS) is 22.8. The van der Waals surface area contributed by atoms with Crippen molar-refractivity contribution in [3.05, 3.63) is 35.6 Å². The number of carbonyl (C=O) groups excluding carboxylic acids is 2. The van der Waals surface area contributed by atoms with Crippen molar-refractivity contribution in [3.63, 3.8) is 0 Å². The smallest absolute Gasteiger partial charge is 0.225 e. The molecule has 1 unspecified atom stereocenters. The summed E-state index contributed by atoms with van der Waals surface area (Å²) in [5.74, 6) is -0.0551. The van der Waals surface area contributed by atoms with Crippen LogP contribution in [0.1, 0.15) is 48.9 Å². The lowest BCUT2D eigenvalue weighted by atomic mass is 9.89. The minimum Gasteiger partial charge on any atom is -0.342 e. The summed E-state index contributed by atoms with van der Waals surface area (Å²) in [6, 6.07) is 5.71. The van der Waals surface area contributed by atoms with E-state index in [-0.39, 0.29) is 29.3 Å². The van der Waals surface area contributed by atoms with Gasteiger partial charge in [0.1, 0.15) is 5.82 Å². The summed E-state index contributed by atoms with van der Waals surface area (Å²) in [5.41, 5.74) is 0.543. The molecule has 3 rings (SSSR count). The van der Waals surface area contributed by atoms with Gasteiger partial charge >= 0.3 is 0 Å². The maximum atomic E-state index is 13.0. The molecule has 0 bridgehead atoms. The number of hydrogen-bond donors (Lipinski definition) is 0. The van der Waals surface area contributed by atoms with E-state index >= 15 is 0 Å². The number of piperidine rings is 1. The molecule has 1 saturated heterocycles. The van der Waals surface area contributed by atoms with Crippen molar-refractivity contribution in [2.75, 3.05) is 13.1 Å². The van der Waals surface area contributed by atoms with E-state index in [1.807, 2.05) is 4.90 Å². The highest BCUT2D eigenvalue weighted by atomic mass is 19.1. The summed E-state index contributed by atoms with van der Waals surface area (Å²) in [6.45, 7) is 1.29. The maximum Gasteiger partial charge on any atom is 0.225 e. The lowest BCUT2D eigenvalue weighted by Gasteiger charge is -2.33. The van der Waals surface area contributed by atoms with Crippen molar-refractivity contribution in [2.24, 2.45) is 11.8 Å². The lowest BCUT2D eigenvalue weighted by molar-refractivity contribution is -0.136. The van der Waals surface area contributed by atoms with Gasteiger partial charge in [-0.05, 0) is 49.9 Å². The van der Waals surface area contributed by atoms with Crippen LogP contribution in [0.5, 0.6) is 0 Å². The second kappa shape index (κ2) is 6.59. The van der Waals surface area contributed by atoms with Gasteiger partial charge in [0, 0.05) is 30.5 Å². The fraction of sp³-hybridized carbons (Fsp3) is 0.556. The number of benzene rings is 1. The third kappa shape index (κ3) is 3.21. The van der Waals surface area contributed by atoms with Crippen LogP contribution in [0.3, 0.4) is 0 Å². The Morgan fingerprint density at radius 1 is 0.955 bits per heavy atom. The SMILES string of the molecule is O=C(c1ccc(F)cc1)C1CCCN(C(=O)C2CCCC2)C1. The van der Waals surface area contributed by atoms with Crippen LogP contribution in [0.4, 0.5) is 4.39 Å². The molecule has 0 N–H and O–H groups in total. The van der Waals surface area contributed by atoms with E-state index < -0.39 is 0 Å². The zero-order valence-corrected chi connectivity index (χ0v) is 12.8. The van der Waals surface area contributed by atoms with Crippen molar-refractivity contribution in [3.8, 4) is 0 Å². The lowest BCUT2D eigenvalue weighted by Crippen LogP contribution is -2.44. The zero-order valence-electron chi connectivity index (χ0n) is 12.8. The van der Waals surface area contributed by atoms with Crippen LogP contribution in [0.15, 0.2) is 24.3 Å². The van der Waals surface area contributed by atoms with Gasteiger partial charge < -0.3 is 4.90 Å². The Hall–Kier alpha value is -1.71. The minimum atomic E-state index is -0.335. The Labute approximate surface area is 130 Å². The molecule has 4 heteroatoms. The van der Waals surface area contributed by atoms with Gasteiger partial charge in [-0.25, -0.2) is 4.39 Å². The molecule has 1 amide bonds. The highest BCUT2D eigenvalue weighted by Crippen LogP contribution is 2.29. The van der Waals surface area contributed by atoms with Crippen LogP contribution < -0.4 is 0 Å². The molecule has 1 aromatic rings. The van der Waals surface area contributed by atoms with Crippen molar-refractivity contribution >= 4 is 11.7 Å². The molecular weight excluding hydrogens is 281 g/mol. The molecule has 1 aliphatic heterocycles. The zero-order chi connectivity index (χ0) is 15.5. The summed E-state index contributed by atoms with van der Waals surface area (Å²) in [7, 11) is 0. The monoisotopic (exact) mass is 303 g/mol. The molecule has 1 aromatic carbocycles. The van der Waals surface area contributed by atoms with E-state index in [1.165, 1.54) is 24.3 Å². The third-order valence-electron chi connectivity index (χ3n) is 4.94. The first-order chi connectivity index (χ1) is 10.6. The quantitative estimate of drug-likeness (QED) is 0.802. The number of nitrogens with zero attached hydrogens (tertiary/aromatic N) is 1. The summed E-state index contributed by atoms with van der Waals surface area (Å²) < 4.78 is 13.0. The van der Waals surface area contributed by atoms with Crippen molar-refractivity contribution in [1.82, 2.24) is 4.90 Å². The number of rotatable bonds is 3. The molecule has 1 heterocycles. The highest BCUT2D eigenvalue weighted by molar-refractivity contribution is 5.98. The van der Waals surface area contributed by atoms with Crippen molar-refractivity contribution in [2.45, 2.75) is 38.5 Å². The topological polar surface area (TPSA) is 37.4 Å². The first kappa shape index (κ1) is 15.2. The largest absolute Gasteiger partial charge is 0.342 e. The Bertz CT molecular complexity index is 549. The number of carbonyl (C=O) groups is 2. The van der Waals surface area contributed by atoms with Crippen LogP contribution in [-0.4, -0.2) is 29.7 Å². The predicted molar refractivity (Wildman–Crippen MR) is 82.0 cm³/mol. The number of hydrogen-bond acceptors (Lipinski definition) is 2. The summed E-state index contributed by atoms with van der Waals surface area (Å²) >= 11 is 0. The molecule has 2 fully saturated rings. The fourth-order valence-corrected chi connectivity index (χ4v) is 3.67. The fourth-order valence-electron chi connectivity index (χ4n) is 3.67. The second-order valence-electron chi connectivity index (χ2n) is 6.48. The standard InChI is InChI=1S/C18H22FNO2/c19-16-9-7-13(8-10-16)17(21)15-6-3-11-20(12-15)18(22)14-4-1-2-5-14/h7-10,14-15H,1-6,11-12H2. The van der Waals surface area contributed by atoms with Gasteiger partial charge in [-0.3, -0.25) is 9.59 Å². The molecule has 0 aromatic heterocycles. The number of halogens is 1. The summed E-state index contributed by atoms with van der Waals surface area (Å²) in [5, 5.41) is 0. The van der Waals surface area contributed by atoms with Crippen LogP contribution in [0.2, 0.25) is 0 Å². The maximum absolute atomic E-state index is 13.0. The van der Waals surface area contributed by atoms with Crippen LogP contribution in [-0.2, 0) is 4.79 Å². The predicted octanol–water partition coefficient (Wildman–Crippen LogP) is 3.44. The Morgan fingerprint density at radius 2 is 1.59 bits per heavy atom. The highest BCUT2D eigenvalue weighted by Gasteiger charge is 2.33. The average molecular weight is 303 g/mol. The van der Waals surface area contributed by atoms with Gasteiger partial charge in [-0.1, -0.05) is 12.8 Å². The molecule has 1 saturated carbocycles. The summed E-state index contributed by atoms with van der Waals surface area (Å²) in [6.07, 6.45) is 5.95. The minimum absolute atomic E-state index is 0.0314. The number of likely N-dealkylation sites (tertiary alicyclic amines) is 1. The number of amides is 1. The van der Waals surface area contributed by atoms with Gasteiger partial charge in [0.2, 0.25) is 5.91 Å². The van der Waals surface area contributed by atoms with Gasteiger partial charge in [-0.2, -0.15) is 0 Å². The van der Waals surface area contributed by atoms with Crippen molar-refractivity contribution < 1.29 is 14.0 Å². The Kier molecular flexibility index (Phi) is 4.55. The van der Waals surface area contributed by atoms with Gasteiger partial charge in [-0.15, -0.1) is 0 Å². The molecule has 1 aliphatic carbocycles. The number of ketones is 1. The average Bonchev–Trinajstić information content (AvgIpc) is 3.09. The van der Waals surface area contributed by atoms with E-state index in [1.54, 1.807) is 0 Å². The van der Waals surface area contributed by atoms with Gasteiger partial charge in [0.05, 0.1) is 0 Å². The van der Waals surface area contributed by atoms with Crippen LogP contribution in [0.25, 0.3) is 0 Å². The summed E-state index contributed by atoms with van der Waals surface area (Å²) in [4.78, 5) is 26.9. The number of Topliss-reactive ketones (excluding diaryl/α,β-unsaturated/α-hetero) is 1. The van der Waals surface area contributed by atoms with Crippen molar-refractivity contribution in [1.29, 1.82) is 0 Å². The van der Waals surface area contributed by atoms with Crippen LogP contribution >= 0.6 is 0 Å². The van der Waals surface area contributed by atoms with E-state index in [0.717, 1.165) is 45.1 Å². The molecular formula is C18H22FNO2. The third-order valence-corrected chi connectivity index (χ3v) is 4.94. The van der Waals surface area contributed by atoms with E-state index in [2.05, 4.69) is 0 Å². The second-order valence-corrected chi connectivity index (χ2v) is 6.48. The van der Waals surface area contributed by atoms with Gasteiger partial charge in [0.15, 0.2) is 5.78 Å². The molecule has 118 valence electrons. The van der Waals surface area contributed by atoms with Gasteiger partial charge in [0.25, 0.3) is 0 Å². The molecule has 3 nitrogen and oxygen atoms in total.